The normalized spacial score (nSPS) is 12.5. The summed E-state index contributed by atoms with van der Waals surface area (Å²) >= 11 is 4.95. The van der Waals surface area contributed by atoms with E-state index in [1.54, 1.807) is 17.4 Å². The van der Waals surface area contributed by atoms with Gasteiger partial charge in [0.2, 0.25) is 0 Å². The smallest absolute Gasteiger partial charge is 0.139 e. The first-order chi connectivity index (χ1) is 8.88. The molecule has 102 valence electrons. The number of hydrogen-bond acceptors (Lipinski definition) is 3. The van der Waals surface area contributed by atoms with E-state index in [1.807, 2.05) is 0 Å². The second-order valence-corrected chi connectivity index (χ2v) is 6.90. The molecule has 0 radical (unpaired) electrons. The zero-order valence-electron chi connectivity index (χ0n) is 11.1. The van der Waals surface area contributed by atoms with Crippen molar-refractivity contribution in [2.75, 3.05) is 11.1 Å². The molecule has 2 rings (SSSR count). The lowest BCUT2D eigenvalue weighted by Gasteiger charge is -2.17. The largest absolute Gasteiger partial charge is 0.397 e. The van der Waals surface area contributed by atoms with Gasteiger partial charge in [0.15, 0.2) is 0 Å². The molecular weight excluding hydrogens is 327 g/mol. The molecule has 0 aliphatic carbocycles. The molecule has 5 heteroatoms. The second-order valence-electron chi connectivity index (χ2n) is 4.59. The van der Waals surface area contributed by atoms with Gasteiger partial charge in [-0.3, -0.25) is 0 Å². The van der Waals surface area contributed by atoms with Crippen molar-refractivity contribution in [1.29, 1.82) is 0 Å². The summed E-state index contributed by atoms with van der Waals surface area (Å²) in [5.74, 6) is -0.349. The second kappa shape index (κ2) is 5.51. The van der Waals surface area contributed by atoms with Gasteiger partial charge in [-0.25, -0.2) is 4.39 Å². The van der Waals surface area contributed by atoms with Crippen molar-refractivity contribution in [3.63, 3.8) is 0 Å². The number of aryl methyl sites for hydroxylation is 2. The fourth-order valence-corrected chi connectivity index (χ4v) is 3.44. The maximum atomic E-state index is 13.3. The van der Waals surface area contributed by atoms with E-state index in [9.17, 15) is 4.39 Å². The fourth-order valence-electron chi connectivity index (χ4n) is 2.08. The Morgan fingerprint density at radius 2 is 2.00 bits per heavy atom. The third-order valence-corrected chi connectivity index (χ3v) is 4.60. The van der Waals surface area contributed by atoms with E-state index in [4.69, 9.17) is 5.73 Å². The first kappa shape index (κ1) is 14.3. The number of halogens is 2. The Morgan fingerprint density at radius 3 is 2.58 bits per heavy atom. The molecule has 0 amide bonds. The van der Waals surface area contributed by atoms with Crippen LogP contribution >= 0.6 is 27.3 Å². The van der Waals surface area contributed by atoms with Crippen LogP contribution in [0.5, 0.6) is 0 Å². The number of hydrogen-bond donors (Lipinski definition) is 2. The lowest BCUT2D eigenvalue weighted by molar-refractivity contribution is 0.622. The Morgan fingerprint density at radius 1 is 1.32 bits per heavy atom. The summed E-state index contributed by atoms with van der Waals surface area (Å²) in [6, 6.07) is 5.30. The molecule has 19 heavy (non-hydrogen) atoms. The van der Waals surface area contributed by atoms with E-state index in [0.717, 1.165) is 5.69 Å². The molecule has 0 aliphatic heterocycles. The first-order valence-corrected chi connectivity index (χ1v) is 7.57. The van der Waals surface area contributed by atoms with Gasteiger partial charge in [0.05, 0.1) is 15.8 Å². The predicted molar refractivity (Wildman–Crippen MR) is 84.3 cm³/mol. The van der Waals surface area contributed by atoms with Crippen LogP contribution in [0.25, 0.3) is 0 Å². The van der Waals surface area contributed by atoms with Gasteiger partial charge in [-0.2, -0.15) is 0 Å². The average Bonchev–Trinajstić information content (AvgIpc) is 2.65. The molecule has 1 heterocycles. The summed E-state index contributed by atoms with van der Waals surface area (Å²) in [4.78, 5) is 2.58. The standard InChI is InChI=1S/C14H16BrFN2S/c1-7-4-10(9(3)19-7)8(2)18-14-5-11(15)12(16)6-13(14)17/h4-6,8,18H,17H2,1-3H3. The Balaban J connectivity index is 2.26. The summed E-state index contributed by atoms with van der Waals surface area (Å²) in [6.45, 7) is 6.27. The van der Waals surface area contributed by atoms with Crippen LogP contribution < -0.4 is 11.1 Å². The molecule has 1 aromatic carbocycles. The summed E-state index contributed by atoms with van der Waals surface area (Å²) < 4.78 is 13.7. The third kappa shape index (κ3) is 3.09. The number of nitrogens with two attached hydrogens (primary N) is 1. The summed E-state index contributed by atoms with van der Waals surface area (Å²) in [6.07, 6.45) is 0. The van der Waals surface area contributed by atoms with Crippen molar-refractivity contribution in [3.8, 4) is 0 Å². The Bertz CT molecular complexity index is 610. The SMILES string of the molecule is Cc1cc(C(C)Nc2cc(Br)c(F)cc2N)c(C)s1. The molecule has 0 bridgehead atoms. The summed E-state index contributed by atoms with van der Waals surface area (Å²) in [7, 11) is 0. The number of anilines is 2. The minimum Gasteiger partial charge on any atom is -0.397 e. The molecule has 1 atom stereocenters. The van der Waals surface area contributed by atoms with Gasteiger partial charge in [-0.1, -0.05) is 0 Å². The van der Waals surface area contributed by atoms with Gasteiger partial charge >= 0.3 is 0 Å². The van der Waals surface area contributed by atoms with Crippen LogP contribution in [-0.4, -0.2) is 0 Å². The molecule has 0 saturated heterocycles. The minimum atomic E-state index is -0.349. The highest BCUT2D eigenvalue weighted by Gasteiger charge is 2.13. The first-order valence-electron chi connectivity index (χ1n) is 5.96. The van der Waals surface area contributed by atoms with Crippen molar-refractivity contribution >= 4 is 38.6 Å². The number of nitrogens with one attached hydrogen (secondary N) is 1. The van der Waals surface area contributed by atoms with Crippen LogP contribution in [0.3, 0.4) is 0 Å². The average molecular weight is 343 g/mol. The van der Waals surface area contributed by atoms with Crippen molar-refractivity contribution < 1.29 is 4.39 Å². The molecule has 0 spiro atoms. The van der Waals surface area contributed by atoms with Gasteiger partial charge in [-0.05, 0) is 54.4 Å². The highest BCUT2D eigenvalue weighted by atomic mass is 79.9. The minimum absolute atomic E-state index is 0.129. The van der Waals surface area contributed by atoms with Crippen LogP contribution in [0.1, 0.15) is 28.3 Å². The van der Waals surface area contributed by atoms with Crippen LogP contribution in [0.4, 0.5) is 15.8 Å². The molecule has 2 nitrogen and oxygen atoms in total. The molecular formula is C14H16BrFN2S. The Hall–Kier alpha value is -1.07. The highest BCUT2D eigenvalue weighted by molar-refractivity contribution is 9.10. The number of nitrogen functional groups attached to an aromatic ring is 1. The zero-order chi connectivity index (χ0) is 14.2. The van der Waals surface area contributed by atoms with Crippen molar-refractivity contribution in [2.45, 2.75) is 26.8 Å². The van der Waals surface area contributed by atoms with Crippen LogP contribution in [0.15, 0.2) is 22.7 Å². The van der Waals surface area contributed by atoms with E-state index in [2.05, 4.69) is 48.1 Å². The van der Waals surface area contributed by atoms with Gasteiger partial charge < -0.3 is 11.1 Å². The molecule has 1 aromatic heterocycles. The summed E-state index contributed by atoms with van der Waals surface area (Å²) in [5.41, 5.74) is 8.25. The van der Waals surface area contributed by atoms with Crippen LogP contribution in [0.2, 0.25) is 0 Å². The van der Waals surface area contributed by atoms with Crippen molar-refractivity contribution in [1.82, 2.24) is 0 Å². The lowest BCUT2D eigenvalue weighted by atomic mass is 10.1. The van der Waals surface area contributed by atoms with Gasteiger partial charge in [-0.15, -0.1) is 11.3 Å². The maximum absolute atomic E-state index is 13.3. The lowest BCUT2D eigenvalue weighted by Crippen LogP contribution is -2.09. The van der Waals surface area contributed by atoms with E-state index in [1.165, 1.54) is 21.4 Å². The third-order valence-electron chi connectivity index (χ3n) is 3.01. The molecule has 0 saturated carbocycles. The molecule has 3 N–H and O–H groups in total. The number of rotatable bonds is 3. The van der Waals surface area contributed by atoms with E-state index < -0.39 is 0 Å². The highest BCUT2D eigenvalue weighted by Crippen LogP contribution is 2.32. The number of thiophene rings is 1. The topological polar surface area (TPSA) is 38.0 Å². The van der Waals surface area contributed by atoms with Crippen LogP contribution in [0, 0.1) is 19.7 Å². The Labute approximate surface area is 125 Å². The molecule has 0 fully saturated rings. The molecule has 2 aromatic rings. The fraction of sp³-hybridized carbons (Fsp3) is 0.286. The van der Waals surface area contributed by atoms with E-state index in [0.29, 0.717) is 10.2 Å². The Kier molecular flexibility index (Phi) is 4.16. The van der Waals surface area contributed by atoms with Crippen molar-refractivity contribution in [3.05, 3.63) is 43.8 Å². The van der Waals surface area contributed by atoms with E-state index >= 15 is 0 Å². The monoisotopic (exact) mass is 342 g/mol. The van der Waals surface area contributed by atoms with Gasteiger partial charge in [0.25, 0.3) is 0 Å². The summed E-state index contributed by atoms with van der Waals surface area (Å²) in [5, 5.41) is 3.33. The predicted octanol–water partition coefficient (Wildman–Crippen LogP) is 5.02. The molecule has 0 aliphatic rings. The zero-order valence-corrected chi connectivity index (χ0v) is 13.5. The number of benzene rings is 1. The van der Waals surface area contributed by atoms with Gasteiger partial charge in [0.1, 0.15) is 5.82 Å². The van der Waals surface area contributed by atoms with Crippen molar-refractivity contribution in [2.24, 2.45) is 0 Å². The van der Waals surface area contributed by atoms with Gasteiger partial charge in [0, 0.05) is 21.9 Å². The van der Waals surface area contributed by atoms with Crippen LogP contribution in [-0.2, 0) is 0 Å². The maximum Gasteiger partial charge on any atom is 0.139 e. The van der Waals surface area contributed by atoms with E-state index in [-0.39, 0.29) is 11.9 Å². The molecule has 1 unspecified atom stereocenters. The quantitative estimate of drug-likeness (QED) is 0.768.